The SMILES string of the molecule is C=CCc1ccccc1OCCn1c(CCCNC(=O)c2ccc(OC)cc2)nc2ccccc21. The number of hydrogen-bond acceptors (Lipinski definition) is 4. The summed E-state index contributed by atoms with van der Waals surface area (Å²) in [5.74, 6) is 2.52. The number of nitrogens with zero attached hydrogens (tertiary/aromatic N) is 2. The molecule has 0 spiro atoms. The first-order valence-electron chi connectivity index (χ1n) is 11.9. The van der Waals surface area contributed by atoms with Crippen LogP contribution in [0, 0.1) is 0 Å². The Morgan fingerprint density at radius 1 is 1.06 bits per heavy atom. The summed E-state index contributed by atoms with van der Waals surface area (Å²) in [5.41, 5.74) is 3.81. The van der Waals surface area contributed by atoms with Crippen molar-refractivity contribution in [2.24, 2.45) is 0 Å². The van der Waals surface area contributed by atoms with Crippen molar-refractivity contribution in [2.75, 3.05) is 20.3 Å². The molecule has 0 atom stereocenters. The topological polar surface area (TPSA) is 65.4 Å². The first-order chi connectivity index (χ1) is 17.2. The second kappa shape index (κ2) is 11.9. The van der Waals surface area contributed by atoms with Gasteiger partial charge in [-0.1, -0.05) is 36.4 Å². The monoisotopic (exact) mass is 469 g/mol. The number of hydrogen-bond donors (Lipinski definition) is 1. The van der Waals surface area contributed by atoms with Gasteiger partial charge in [0.25, 0.3) is 5.91 Å². The fourth-order valence-electron chi connectivity index (χ4n) is 4.07. The maximum atomic E-state index is 12.4. The number of carbonyl (C=O) groups excluding carboxylic acids is 1. The molecule has 0 radical (unpaired) electrons. The Hall–Kier alpha value is -4.06. The third kappa shape index (κ3) is 6.09. The third-order valence-electron chi connectivity index (χ3n) is 5.86. The lowest BCUT2D eigenvalue weighted by Gasteiger charge is -2.13. The zero-order valence-electron chi connectivity index (χ0n) is 20.1. The van der Waals surface area contributed by atoms with Gasteiger partial charge in [0, 0.05) is 18.5 Å². The summed E-state index contributed by atoms with van der Waals surface area (Å²) in [5, 5.41) is 2.99. The Kier molecular flexibility index (Phi) is 8.17. The van der Waals surface area contributed by atoms with Crippen LogP contribution in [0.1, 0.15) is 28.2 Å². The molecule has 0 saturated heterocycles. The molecule has 180 valence electrons. The van der Waals surface area contributed by atoms with Gasteiger partial charge in [0.1, 0.15) is 23.9 Å². The van der Waals surface area contributed by atoms with E-state index in [9.17, 15) is 4.79 Å². The van der Waals surface area contributed by atoms with Crippen molar-refractivity contribution in [1.82, 2.24) is 14.9 Å². The van der Waals surface area contributed by atoms with Gasteiger partial charge in [-0.25, -0.2) is 4.98 Å². The van der Waals surface area contributed by atoms with Crippen LogP contribution in [0.25, 0.3) is 11.0 Å². The molecular formula is C29H31N3O3. The number of fused-ring (bicyclic) bond motifs is 1. The quantitative estimate of drug-likeness (QED) is 0.228. The summed E-state index contributed by atoms with van der Waals surface area (Å²) in [4.78, 5) is 17.3. The van der Waals surface area contributed by atoms with Crippen LogP contribution in [0.2, 0.25) is 0 Å². The van der Waals surface area contributed by atoms with Crippen LogP contribution in [0.15, 0.2) is 85.5 Å². The molecule has 0 aliphatic rings. The highest BCUT2D eigenvalue weighted by atomic mass is 16.5. The van der Waals surface area contributed by atoms with Gasteiger partial charge in [0.2, 0.25) is 0 Å². The molecule has 0 bridgehead atoms. The van der Waals surface area contributed by atoms with E-state index in [1.807, 2.05) is 42.5 Å². The Balaban J connectivity index is 1.36. The Labute approximate surface area is 206 Å². The number of ether oxygens (including phenoxy) is 2. The summed E-state index contributed by atoms with van der Waals surface area (Å²) in [6, 6.07) is 23.3. The van der Waals surface area contributed by atoms with Gasteiger partial charge in [-0.2, -0.15) is 0 Å². The highest BCUT2D eigenvalue weighted by Gasteiger charge is 2.12. The predicted octanol–water partition coefficient (Wildman–Crippen LogP) is 5.22. The number of nitrogens with one attached hydrogen (secondary N) is 1. The molecule has 4 aromatic rings. The molecule has 0 aliphatic heterocycles. The largest absolute Gasteiger partial charge is 0.497 e. The average Bonchev–Trinajstić information content (AvgIpc) is 3.25. The standard InChI is InChI=1S/C29H31N3O3/c1-3-9-22-10-4-7-13-27(22)35-21-20-32-26-12-6-5-11-25(26)31-28(32)14-8-19-30-29(33)23-15-17-24(34-2)18-16-23/h3-7,10-13,15-18H,1,8-9,14,19-21H2,2H3,(H,30,33). The number of allylic oxidation sites excluding steroid dienone is 1. The lowest BCUT2D eigenvalue weighted by molar-refractivity contribution is 0.0953. The molecule has 6 nitrogen and oxygen atoms in total. The van der Waals surface area contributed by atoms with Crippen molar-refractivity contribution in [2.45, 2.75) is 25.8 Å². The lowest BCUT2D eigenvalue weighted by Crippen LogP contribution is -2.25. The van der Waals surface area contributed by atoms with Crippen LogP contribution < -0.4 is 14.8 Å². The van der Waals surface area contributed by atoms with Crippen LogP contribution >= 0.6 is 0 Å². The van der Waals surface area contributed by atoms with Crippen LogP contribution in [-0.4, -0.2) is 35.7 Å². The summed E-state index contributed by atoms with van der Waals surface area (Å²) >= 11 is 0. The van der Waals surface area contributed by atoms with Crippen LogP contribution in [-0.2, 0) is 19.4 Å². The number of imidazole rings is 1. The number of benzene rings is 3. The van der Waals surface area contributed by atoms with E-state index < -0.39 is 0 Å². The first kappa shape index (κ1) is 24.1. The highest BCUT2D eigenvalue weighted by Crippen LogP contribution is 2.20. The second-order valence-corrected chi connectivity index (χ2v) is 8.21. The third-order valence-corrected chi connectivity index (χ3v) is 5.86. The number of amides is 1. The molecule has 0 unspecified atom stereocenters. The van der Waals surface area contributed by atoms with E-state index in [0.717, 1.165) is 53.2 Å². The summed E-state index contributed by atoms with van der Waals surface area (Å²) in [7, 11) is 1.61. The highest BCUT2D eigenvalue weighted by molar-refractivity contribution is 5.94. The summed E-state index contributed by atoms with van der Waals surface area (Å²) in [6.45, 7) is 5.63. The van der Waals surface area contributed by atoms with E-state index in [1.165, 1.54) is 0 Å². The zero-order chi connectivity index (χ0) is 24.5. The van der Waals surface area contributed by atoms with E-state index >= 15 is 0 Å². The number of para-hydroxylation sites is 3. The van der Waals surface area contributed by atoms with Gasteiger partial charge in [0.15, 0.2) is 0 Å². The molecule has 0 fully saturated rings. The normalized spacial score (nSPS) is 10.8. The van der Waals surface area contributed by atoms with Crippen molar-refractivity contribution in [3.63, 3.8) is 0 Å². The minimum atomic E-state index is -0.0901. The molecule has 4 rings (SSSR count). The predicted molar refractivity (Wildman–Crippen MR) is 139 cm³/mol. The Morgan fingerprint density at radius 2 is 1.83 bits per heavy atom. The molecule has 6 heteroatoms. The lowest BCUT2D eigenvalue weighted by atomic mass is 10.1. The number of aromatic nitrogens is 2. The maximum Gasteiger partial charge on any atom is 0.251 e. The molecule has 1 heterocycles. The molecule has 0 saturated carbocycles. The number of methoxy groups -OCH3 is 1. The number of aryl methyl sites for hydroxylation is 1. The summed E-state index contributed by atoms with van der Waals surface area (Å²) in [6.07, 6.45) is 4.20. The van der Waals surface area contributed by atoms with E-state index in [2.05, 4.69) is 28.6 Å². The van der Waals surface area contributed by atoms with Crippen LogP contribution in [0.3, 0.4) is 0 Å². The maximum absolute atomic E-state index is 12.4. The number of carbonyl (C=O) groups is 1. The molecule has 0 aliphatic carbocycles. The smallest absolute Gasteiger partial charge is 0.251 e. The first-order valence-corrected chi connectivity index (χ1v) is 11.9. The molecular weight excluding hydrogens is 438 g/mol. The molecule has 3 aromatic carbocycles. The van der Waals surface area contributed by atoms with Gasteiger partial charge in [-0.05, 0) is 60.9 Å². The van der Waals surface area contributed by atoms with Crippen molar-refractivity contribution in [1.29, 1.82) is 0 Å². The fourth-order valence-corrected chi connectivity index (χ4v) is 4.07. The minimum Gasteiger partial charge on any atom is -0.497 e. The zero-order valence-corrected chi connectivity index (χ0v) is 20.1. The molecule has 35 heavy (non-hydrogen) atoms. The van der Waals surface area contributed by atoms with Crippen molar-refractivity contribution in [3.05, 3.63) is 102 Å². The van der Waals surface area contributed by atoms with E-state index in [4.69, 9.17) is 14.5 Å². The van der Waals surface area contributed by atoms with Gasteiger partial charge < -0.3 is 19.4 Å². The molecule has 1 N–H and O–H groups in total. The van der Waals surface area contributed by atoms with Gasteiger partial charge in [-0.3, -0.25) is 4.79 Å². The van der Waals surface area contributed by atoms with Gasteiger partial charge in [0.05, 0.1) is 24.7 Å². The van der Waals surface area contributed by atoms with E-state index in [0.29, 0.717) is 25.3 Å². The van der Waals surface area contributed by atoms with E-state index in [-0.39, 0.29) is 5.91 Å². The van der Waals surface area contributed by atoms with Crippen LogP contribution in [0.5, 0.6) is 11.5 Å². The molecule has 1 aromatic heterocycles. The van der Waals surface area contributed by atoms with Gasteiger partial charge in [-0.15, -0.1) is 6.58 Å². The van der Waals surface area contributed by atoms with Gasteiger partial charge >= 0.3 is 0 Å². The Bertz CT molecular complexity index is 1280. The fraction of sp³-hybridized carbons (Fsp3) is 0.241. The number of rotatable bonds is 12. The summed E-state index contributed by atoms with van der Waals surface area (Å²) < 4.78 is 13.5. The van der Waals surface area contributed by atoms with Crippen molar-refractivity contribution in [3.8, 4) is 11.5 Å². The van der Waals surface area contributed by atoms with Crippen LogP contribution in [0.4, 0.5) is 0 Å². The second-order valence-electron chi connectivity index (χ2n) is 8.21. The van der Waals surface area contributed by atoms with E-state index in [1.54, 1.807) is 31.4 Å². The van der Waals surface area contributed by atoms with Crippen molar-refractivity contribution < 1.29 is 14.3 Å². The van der Waals surface area contributed by atoms with Crippen molar-refractivity contribution >= 4 is 16.9 Å². The Morgan fingerprint density at radius 3 is 2.63 bits per heavy atom. The average molecular weight is 470 g/mol. The molecule has 1 amide bonds. The minimum absolute atomic E-state index is 0.0901.